The minimum absolute atomic E-state index is 0.0216. The van der Waals surface area contributed by atoms with Crippen molar-refractivity contribution in [2.24, 2.45) is 10.2 Å². The number of sulfonamides is 2. The number of rotatable bonds is 9. The van der Waals surface area contributed by atoms with Crippen LogP contribution in [0.5, 0.6) is 5.75 Å². The highest BCUT2D eigenvalue weighted by Crippen LogP contribution is 2.42. The Balaban J connectivity index is 1.49. The number of nitrogens with zero attached hydrogens (tertiary/aromatic N) is 2. The average Bonchev–Trinajstić information content (AvgIpc) is 3.01. The lowest BCUT2D eigenvalue weighted by Crippen LogP contribution is -2.30. The Morgan fingerprint density at radius 2 is 1.20 bits per heavy atom. The van der Waals surface area contributed by atoms with E-state index in [1.807, 2.05) is 0 Å². The first kappa shape index (κ1) is 31.4. The van der Waals surface area contributed by atoms with Crippen molar-refractivity contribution in [1.82, 2.24) is 4.13 Å². The van der Waals surface area contributed by atoms with Gasteiger partial charge in [-0.05, 0) is 72.8 Å². The number of benzene rings is 5. The molecule has 230 valence electrons. The molecule has 0 spiro atoms. The number of amides is 1. The van der Waals surface area contributed by atoms with E-state index in [4.69, 9.17) is 0 Å². The van der Waals surface area contributed by atoms with Gasteiger partial charge in [-0.15, -0.1) is 9.24 Å². The van der Waals surface area contributed by atoms with Crippen LogP contribution in [-0.2, 0) is 30.2 Å². The molecular formula is C29H22N4O9S3. The topological polar surface area (TPSA) is 209 Å². The Labute approximate surface area is 257 Å². The first-order valence-electron chi connectivity index (χ1n) is 12.7. The van der Waals surface area contributed by atoms with Crippen molar-refractivity contribution in [2.75, 3.05) is 5.32 Å². The number of carbonyl (C=O) groups excluding carboxylic acids is 1. The van der Waals surface area contributed by atoms with Crippen LogP contribution in [0.2, 0.25) is 0 Å². The number of phenols is 1. The van der Waals surface area contributed by atoms with Crippen molar-refractivity contribution in [1.29, 1.82) is 0 Å². The van der Waals surface area contributed by atoms with Crippen LogP contribution in [-0.4, -0.2) is 40.8 Å². The van der Waals surface area contributed by atoms with Crippen molar-refractivity contribution in [3.63, 3.8) is 0 Å². The Hall–Kier alpha value is -5.00. The summed E-state index contributed by atoms with van der Waals surface area (Å²) in [5, 5.41) is 21.0. The summed E-state index contributed by atoms with van der Waals surface area (Å²) in [6.45, 7) is 0. The molecule has 0 aliphatic rings. The Bertz CT molecular complexity index is 2280. The molecule has 5 aromatic carbocycles. The second kappa shape index (κ2) is 12.2. The van der Waals surface area contributed by atoms with Gasteiger partial charge in [-0.2, -0.15) is 13.5 Å². The van der Waals surface area contributed by atoms with Crippen LogP contribution in [0.4, 0.5) is 17.1 Å². The maximum Gasteiger partial charge on any atom is 0.295 e. The van der Waals surface area contributed by atoms with Gasteiger partial charge in [0.05, 0.1) is 32.2 Å². The van der Waals surface area contributed by atoms with Crippen LogP contribution in [0.15, 0.2) is 134 Å². The number of aromatic hydroxyl groups is 1. The van der Waals surface area contributed by atoms with E-state index in [2.05, 4.69) is 15.5 Å². The summed E-state index contributed by atoms with van der Waals surface area (Å²) in [4.78, 5) is 11.6. The maximum atomic E-state index is 12.8. The van der Waals surface area contributed by atoms with E-state index in [1.54, 1.807) is 40.5 Å². The summed E-state index contributed by atoms with van der Waals surface area (Å²) in [5.41, 5.74) is 0.271. The standard InChI is InChI=1S/C29H22N4O9S3/c34-25-17-15-24(28-26(45(40,41)42)18-16-23(27(25)28)30-29(35)19-7-3-1-4-8-19)32-31-20-11-13-22(14-12-20)44(38,39)33-43(36,37)21-9-5-2-6-10-21/h1-18,33-34H,(H,30,35)(H,40,41,42). The first-order valence-corrected chi connectivity index (χ1v) is 17.1. The summed E-state index contributed by atoms with van der Waals surface area (Å²) in [7, 11) is -13.7. The number of azo groups is 1. The van der Waals surface area contributed by atoms with Crippen molar-refractivity contribution >= 4 is 63.9 Å². The molecule has 5 rings (SSSR count). The summed E-state index contributed by atoms with van der Waals surface area (Å²) in [6, 6.07) is 24.4. The number of fused-ring (bicyclic) bond motifs is 1. The number of carbonyl (C=O) groups is 1. The summed E-state index contributed by atoms with van der Waals surface area (Å²) < 4.78 is 86.6. The number of hydrogen-bond acceptors (Lipinski definition) is 10. The van der Waals surface area contributed by atoms with E-state index >= 15 is 0 Å². The summed E-state index contributed by atoms with van der Waals surface area (Å²) in [6.07, 6.45) is 0. The number of nitrogens with one attached hydrogen (secondary N) is 2. The van der Waals surface area contributed by atoms with Crippen LogP contribution < -0.4 is 9.44 Å². The molecule has 4 N–H and O–H groups in total. The molecule has 5 aromatic rings. The molecule has 0 bridgehead atoms. The zero-order valence-electron chi connectivity index (χ0n) is 22.8. The fourth-order valence-corrected chi connectivity index (χ4v) is 7.90. The largest absolute Gasteiger partial charge is 0.507 e. The molecule has 0 radical (unpaired) electrons. The van der Waals surface area contributed by atoms with Gasteiger partial charge in [0.1, 0.15) is 10.6 Å². The van der Waals surface area contributed by atoms with E-state index in [0.717, 1.165) is 18.2 Å². The molecule has 0 aliphatic carbocycles. The van der Waals surface area contributed by atoms with E-state index in [0.29, 0.717) is 0 Å². The van der Waals surface area contributed by atoms with Crippen LogP contribution in [0.3, 0.4) is 0 Å². The summed E-state index contributed by atoms with van der Waals surface area (Å²) in [5.74, 6) is -0.977. The number of phenolic OH excluding ortho intramolecular Hbond substituents is 1. The molecule has 0 saturated carbocycles. The molecule has 45 heavy (non-hydrogen) atoms. The Morgan fingerprint density at radius 1 is 0.622 bits per heavy atom. The second-order valence-electron chi connectivity index (χ2n) is 9.36. The van der Waals surface area contributed by atoms with Crippen molar-refractivity contribution in [3.05, 3.63) is 115 Å². The monoisotopic (exact) mass is 666 g/mol. The Kier molecular flexibility index (Phi) is 8.51. The molecule has 0 saturated heterocycles. The van der Waals surface area contributed by atoms with Crippen molar-refractivity contribution in [2.45, 2.75) is 14.7 Å². The smallest absolute Gasteiger partial charge is 0.295 e. The highest BCUT2D eigenvalue weighted by molar-refractivity contribution is 8.04. The minimum Gasteiger partial charge on any atom is -0.507 e. The minimum atomic E-state index is -4.85. The van der Waals surface area contributed by atoms with Gasteiger partial charge in [-0.3, -0.25) is 9.35 Å². The van der Waals surface area contributed by atoms with Crippen molar-refractivity contribution in [3.8, 4) is 5.75 Å². The SMILES string of the molecule is O=C(Nc1ccc(S(=O)(=O)O)c2c(N=Nc3ccc(S(=O)(=O)NS(=O)(=O)c4ccccc4)cc3)ccc(O)c12)c1ccccc1. The number of hydrogen-bond donors (Lipinski definition) is 4. The zero-order valence-corrected chi connectivity index (χ0v) is 25.2. The highest BCUT2D eigenvalue weighted by Gasteiger charge is 2.25. The normalized spacial score (nSPS) is 12.4. The molecule has 13 nitrogen and oxygen atoms in total. The molecule has 0 atom stereocenters. The third-order valence-electron chi connectivity index (χ3n) is 6.33. The zero-order chi connectivity index (χ0) is 32.4. The summed E-state index contributed by atoms with van der Waals surface area (Å²) >= 11 is 0. The van der Waals surface area contributed by atoms with Crippen LogP contribution in [0.1, 0.15) is 10.4 Å². The van der Waals surface area contributed by atoms with Crippen molar-refractivity contribution < 1.29 is 39.7 Å². The second-order valence-corrected chi connectivity index (χ2v) is 14.4. The molecule has 0 unspecified atom stereocenters. The third-order valence-corrected chi connectivity index (χ3v) is 10.8. The van der Waals surface area contributed by atoms with Crippen LogP contribution in [0, 0.1) is 0 Å². The van der Waals surface area contributed by atoms with E-state index < -0.39 is 46.7 Å². The van der Waals surface area contributed by atoms with E-state index in [-0.39, 0.29) is 43.2 Å². The van der Waals surface area contributed by atoms with Gasteiger partial charge in [0.25, 0.3) is 36.1 Å². The Morgan fingerprint density at radius 3 is 1.80 bits per heavy atom. The van der Waals surface area contributed by atoms with Gasteiger partial charge >= 0.3 is 0 Å². The van der Waals surface area contributed by atoms with Gasteiger partial charge in [0.2, 0.25) is 0 Å². The first-order chi connectivity index (χ1) is 21.3. The maximum absolute atomic E-state index is 12.8. The van der Waals surface area contributed by atoms with Gasteiger partial charge in [-0.1, -0.05) is 36.4 Å². The van der Waals surface area contributed by atoms with Crippen LogP contribution >= 0.6 is 0 Å². The molecule has 1 amide bonds. The lowest BCUT2D eigenvalue weighted by molar-refractivity contribution is 0.102. The van der Waals surface area contributed by atoms with Gasteiger partial charge < -0.3 is 10.4 Å². The molecule has 0 aliphatic heterocycles. The molecule has 16 heteroatoms. The lowest BCUT2D eigenvalue weighted by Gasteiger charge is -2.14. The van der Waals surface area contributed by atoms with Gasteiger partial charge in [0.15, 0.2) is 0 Å². The average molecular weight is 667 g/mol. The van der Waals surface area contributed by atoms with E-state index in [9.17, 15) is 39.7 Å². The highest BCUT2D eigenvalue weighted by atomic mass is 32.3. The van der Waals surface area contributed by atoms with E-state index in [1.165, 1.54) is 54.6 Å². The number of anilines is 1. The van der Waals surface area contributed by atoms with Gasteiger partial charge in [-0.25, -0.2) is 16.8 Å². The van der Waals surface area contributed by atoms with Crippen LogP contribution in [0.25, 0.3) is 10.8 Å². The molecule has 0 heterocycles. The lowest BCUT2D eigenvalue weighted by atomic mass is 10.1. The predicted octanol–water partition coefficient (Wildman–Crippen LogP) is 5.13. The fourth-order valence-electron chi connectivity index (χ4n) is 4.26. The third kappa shape index (κ3) is 6.89. The molecular weight excluding hydrogens is 645 g/mol. The predicted molar refractivity (Wildman–Crippen MR) is 164 cm³/mol. The molecule has 0 fully saturated rings. The quantitative estimate of drug-likeness (QED) is 0.121. The fraction of sp³-hybridized carbons (Fsp3) is 0. The van der Waals surface area contributed by atoms with Gasteiger partial charge in [0, 0.05) is 10.9 Å². The molecule has 0 aromatic heterocycles.